The highest BCUT2D eigenvalue weighted by atomic mass is 79.9. The number of halogens is 1. The van der Waals surface area contributed by atoms with Crippen LogP contribution in [0.2, 0.25) is 0 Å². The zero-order valence-corrected chi connectivity index (χ0v) is 13.0. The fraction of sp³-hybridized carbons (Fsp3) is 0.250. The first-order valence-electron chi connectivity index (χ1n) is 6.48. The number of hydrogen-bond acceptors (Lipinski definition) is 3. The van der Waals surface area contributed by atoms with E-state index in [1.54, 1.807) is 7.11 Å². The Bertz CT molecular complexity index is 528. The number of nitrogens with one attached hydrogen (secondary N) is 1. The van der Waals surface area contributed by atoms with Gasteiger partial charge in [0, 0.05) is 23.8 Å². The highest BCUT2D eigenvalue weighted by Crippen LogP contribution is 2.16. The standard InChI is InChI=1S/C16H18BrNO2/c1-19-12-13-3-2-4-15(11-13)18-9-10-20-16-7-5-14(17)6-8-16/h2-8,11,18H,9-10,12H2,1H3. The molecule has 3 nitrogen and oxygen atoms in total. The Hall–Kier alpha value is -1.52. The van der Waals surface area contributed by atoms with Crippen LogP contribution in [0.1, 0.15) is 5.56 Å². The molecule has 106 valence electrons. The highest BCUT2D eigenvalue weighted by Gasteiger charge is 1.96. The summed E-state index contributed by atoms with van der Waals surface area (Å²) in [6.45, 7) is 2.01. The Labute approximate surface area is 128 Å². The Kier molecular flexibility index (Phi) is 5.89. The summed E-state index contributed by atoms with van der Waals surface area (Å²) in [4.78, 5) is 0. The zero-order chi connectivity index (χ0) is 14.2. The van der Waals surface area contributed by atoms with E-state index in [-0.39, 0.29) is 0 Å². The summed E-state index contributed by atoms with van der Waals surface area (Å²) in [6.07, 6.45) is 0. The average molecular weight is 336 g/mol. The van der Waals surface area contributed by atoms with Gasteiger partial charge in [0.15, 0.2) is 0 Å². The lowest BCUT2D eigenvalue weighted by Gasteiger charge is -2.10. The number of benzene rings is 2. The van der Waals surface area contributed by atoms with E-state index in [1.807, 2.05) is 42.5 Å². The van der Waals surface area contributed by atoms with Gasteiger partial charge in [-0.15, -0.1) is 0 Å². The molecule has 0 bridgehead atoms. The normalized spacial score (nSPS) is 10.3. The van der Waals surface area contributed by atoms with Gasteiger partial charge >= 0.3 is 0 Å². The van der Waals surface area contributed by atoms with Crippen LogP contribution in [0.5, 0.6) is 5.75 Å². The lowest BCUT2D eigenvalue weighted by molar-refractivity contribution is 0.185. The molecule has 0 amide bonds. The molecule has 0 spiro atoms. The van der Waals surface area contributed by atoms with Gasteiger partial charge < -0.3 is 14.8 Å². The molecule has 2 rings (SSSR count). The van der Waals surface area contributed by atoms with Crippen molar-refractivity contribution in [3.63, 3.8) is 0 Å². The Morgan fingerprint density at radius 1 is 1.10 bits per heavy atom. The first kappa shape index (κ1) is 14.9. The topological polar surface area (TPSA) is 30.5 Å². The predicted octanol–water partition coefficient (Wildman–Crippen LogP) is 4.09. The molecule has 0 unspecified atom stereocenters. The van der Waals surface area contributed by atoms with Crippen LogP contribution >= 0.6 is 15.9 Å². The fourth-order valence-corrected chi connectivity index (χ4v) is 2.10. The van der Waals surface area contributed by atoms with Crippen molar-refractivity contribution in [1.82, 2.24) is 0 Å². The second-order valence-electron chi connectivity index (χ2n) is 4.36. The van der Waals surface area contributed by atoms with E-state index in [1.165, 1.54) is 0 Å². The van der Waals surface area contributed by atoms with Crippen LogP contribution < -0.4 is 10.1 Å². The van der Waals surface area contributed by atoms with Crippen molar-refractivity contribution in [3.05, 3.63) is 58.6 Å². The third-order valence-corrected chi connectivity index (χ3v) is 3.28. The minimum atomic E-state index is 0.621. The van der Waals surface area contributed by atoms with E-state index < -0.39 is 0 Å². The van der Waals surface area contributed by atoms with Crippen LogP contribution in [0.4, 0.5) is 5.69 Å². The maximum Gasteiger partial charge on any atom is 0.119 e. The molecule has 1 N–H and O–H groups in total. The highest BCUT2D eigenvalue weighted by molar-refractivity contribution is 9.10. The molecule has 0 aromatic heterocycles. The largest absolute Gasteiger partial charge is 0.492 e. The van der Waals surface area contributed by atoms with E-state index in [0.717, 1.165) is 28.0 Å². The van der Waals surface area contributed by atoms with Crippen LogP contribution in [-0.4, -0.2) is 20.3 Å². The lowest BCUT2D eigenvalue weighted by Crippen LogP contribution is -2.11. The summed E-state index contributed by atoms with van der Waals surface area (Å²) in [5.41, 5.74) is 2.24. The number of rotatable bonds is 7. The second-order valence-corrected chi connectivity index (χ2v) is 5.28. The minimum Gasteiger partial charge on any atom is -0.492 e. The van der Waals surface area contributed by atoms with Crippen LogP contribution in [0.25, 0.3) is 0 Å². The van der Waals surface area contributed by atoms with Crippen molar-refractivity contribution in [2.24, 2.45) is 0 Å². The average Bonchev–Trinajstić information content (AvgIpc) is 2.46. The van der Waals surface area contributed by atoms with E-state index in [9.17, 15) is 0 Å². The molecule has 0 saturated heterocycles. The maximum atomic E-state index is 5.65. The SMILES string of the molecule is COCc1cccc(NCCOc2ccc(Br)cc2)c1. The van der Waals surface area contributed by atoms with Crippen LogP contribution in [-0.2, 0) is 11.3 Å². The van der Waals surface area contributed by atoms with Crippen LogP contribution in [0.3, 0.4) is 0 Å². The first-order valence-corrected chi connectivity index (χ1v) is 7.27. The van der Waals surface area contributed by atoms with Gasteiger partial charge in [0.2, 0.25) is 0 Å². The molecule has 0 aliphatic carbocycles. The summed E-state index contributed by atoms with van der Waals surface area (Å²) in [7, 11) is 1.70. The Morgan fingerprint density at radius 2 is 1.90 bits per heavy atom. The van der Waals surface area contributed by atoms with E-state index in [2.05, 4.69) is 27.3 Å². The van der Waals surface area contributed by atoms with Crippen molar-refractivity contribution in [1.29, 1.82) is 0 Å². The zero-order valence-electron chi connectivity index (χ0n) is 11.4. The molecule has 0 fully saturated rings. The second kappa shape index (κ2) is 7.92. The van der Waals surface area contributed by atoms with Gasteiger partial charge in [-0.05, 0) is 42.0 Å². The predicted molar refractivity (Wildman–Crippen MR) is 85.3 cm³/mol. The molecular formula is C16H18BrNO2. The van der Waals surface area contributed by atoms with Crippen LogP contribution in [0, 0.1) is 0 Å². The summed E-state index contributed by atoms with van der Waals surface area (Å²) in [6, 6.07) is 16.0. The number of hydrogen-bond donors (Lipinski definition) is 1. The lowest BCUT2D eigenvalue weighted by atomic mass is 10.2. The summed E-state index contributed by atoms with van der Waals surface area (Å²) in [5, 5.41) is 3.34. The first-order chi connectivity index (χ1) is 9.78. The molecule has 0 saturated carbocycles. The third kappa shape index (κ3) is 4.87. The van der Waals surface area contributed by atoms with E-state index in [0.29, 0.717) is 13.2 Å². The number of ether oxygens (including phenoxy) is 2. The summed E-state index contributed by atoms with van der Waals surface area (Å²) in [5.74, 6) is 0.878. The molecule has 0 aliphatic heterocycles. The maximum absolute atomic E-state index is 5.65. The van der Waals surface area contributed by atoms with Gasteiger partial charge in [0.05, 0.1) is 6.61 Å². The summed E-state index contributed by atoms with van der Waals surface area (Å²) < 4.78 is 11.8. The molecule has 0 heterocycles. The van der Waals surface area contributed by atoms with Gasteiger partial charge in [-0.25, -0.2) is 0 Å². The van der Waals surface area contributed by atoms with Gasteiger partial charge in [-0.2, -0.15) is 0 Å². The van der Waals surface area contributed by atoms with Crippen molar-refractivity contribution in [2.45, 2.75) is 6.61 Å². The van der Waals surface area contributed by atoms with Crippen molar-refractivity contribution < 1.29 is 9.47 Å². The van der Waals surface area contributed by atoms with Crippen molar-refractivity contribution in [3.8, 4) is 5.75 Å². The minimum absolute atomic E-state index is 0.621. The molecule has 0 atom stereocenters. The quantitative estimate of drug-likeness (QED) is 0.773. The van der Waals surface area contributed by atoms with Crippen LogP contribution in [0.15, 0.2) is 53.0 Å². The molecule has 2 aromatic carbocycles. The monoisotopic (exact) mass is 335 g/mol. The number of methoxy groups -OCH3 is 1. The van der Waals surface area contributed by atoms with Crippen molar-refractivity contribution >= 4 is 21.6 Å². The summed E-state index contributed by atoms with van der Waals surface area (Å²) >= 11 is 3.40. The van der Waals surface area contributed by atoms with Crippen molar-refractivity contribution in [2.75, 3.05) is 25.6 Å². The molecule has 20 heavy (non-hydrogen) atoms. The number of anilines is 1. The van der Waals surface area contributed by atoms with E-state index >= 15 is 0 Å². The third-order valence-electron chi connectivity index (χ3n) is 2.75. The molecular weight excluding hydrogens is 318 g/mol. The Balaban J connectivity index is 1.75. The van der Waals surface area contributed by atoms with Gasteiger partial charge in [-0.3, -0.25) is 0 Å². The van der Waals surface area contributed by atoms with E-state index in [4.69, 9.17) is 9.47 Å². The van der Waals surface area contributed by atoms with Gasteiger partial charge in [0.25, 0.3) is 0 Å². The molecule has 0 aliphatic rings. The molecule has 0 radical (unpaired) electrons. The van der Waals surface area contributed by atoms with Gasteiger partial charge in [0.1, 0.15) is 12.4 Å². The van der Waals surface area contributed by atoms with Gasteiger partial charge in [-0.1, -0.05) is 28.1 Å². The smallest absolute Gasteiger partial charge is 0.119 e. The molecule has 4 heteroatoms. The molecule has 2 aromatic rings. The fourth-order valence-electron chi connectivity index (χ4n) is 1.83. The Morgan fingerprint density at radius 3 is 2.65 bits per heavy atom.